The fourth-order valence-corrected chi connectivity index (χ4v) is 1.79. The van der Waals surface area contributed by atoms with Crippen molar-refractivity contribution in [1.29, 1.82) is 5.26 Å². The molecule has 0 heterocycles. The van der Waals surface area contributed by atoms with Crippen LogP contribution >= 0.6 is 11.6 Å². The summed E-state index contributed by atoms with van der Waals surface area (Å²) in [6.45, 7) is 1.03. The van der Waals surface area contributed by atoms with Crippen LogP contribution in [0.15, 0.2) is 18.2 Å². The molecule has 0 amide bonds. The molecule has 1 aromatic carbocycles. The molecule has 1 fully saturated rings. The van der Waals surface area contributed by atoms with Gasteiger partial charge in [-0.3, -0.25) is 0 Å². The standard InChI is InChI=1S/C12H12ClFN2/c13-10-1-2-11(14)9(5-10)6-16-8-12(7-15)3-4-12/h1-2,5,16H,3-4,6,8H2. The van der Waals surface area contributed by atoms with E-state index in [-0.39, 0.29) is 11.2 Å². The van der Waals surface area contributed by atoms with Gasteiger partial charge < -0.3 is 5.32 Å². The SMILES string of the molecule is N#CC1(CNCc2cc(Cl)ccc2F)CC1. The van der Waals surface area contributed by atoms with Crippen LogP contribution in [0.3, 0.4) is 0 Å². The molecule has 1 aliphatic rings. The van der Waals surface area contributed by atoms with Crippen LogP contribution < -0.4 is 5.32 Å². The molecular weight excluding hydrogens is 227 g/mol. The molecule has 0 spiro atoms. The van der Waals surface area contributed by atoms with Crippen molar-refractivity contribution >= 4 is 11.6 Å². The van der Waals surface area contributed by atoms with Gasteiger partial charge in [-0.1, -0.05) is 11.6 Å². The van der Waals surface area contributed by atoms with E-state index in [1.54, 1.807) is 6.07 Å². The lowest BCUT2D eigenvalue weighted by Crippen LogP contribution is -2.23. The van der Waals surface area contributed by atoms with Gasteiger partial charge in [0, 0.05) is 23.7 Å². The van der Waals surface area contributed by atoms with Crippen LogP contribution in [0.1, 0.15) is 18.4 Å². The molecule has 16 heavy (non-hydrogen) atoms. The lowest BCUT2D eigenvalue weighted by Gasteiger charge is -2.08. The molecule has 0 radical (unpaired) electrons. The maximum Gasteiger partial charge on any atom is 0.127 e. The Kier molecular flexibility index (Phi) is 3.13. The molecule has 0 aliphatic heterocycles. The van der Waals surface area contributed by atoms with Gasteiger partial charge in [-0.2, -0.15) is 5.26 Å². The predicted molar refractivity (Wildman–Crippen MR) is 60.4 cm³/mol. The number of nitriles is 1. The van der Waals surface area contributed by atoms with E-state index in [0.717, 1.165) is 12.8 Å². The zero-order valence-electron chi connectivity index (χ0n) is 8.76. The van der Waals surface area contributed by atoms with Crippen LogP contribution in [0, 0.1) is 22.6 Å². The number of halogens is 2. The summed E-state index contributed by atoms with van der Waals surface area (Å²) in [7, 11) is 0. The van der Waals surface area contributed by atoms with Gasteiger partial charge in [0.15, 0.2) is 0 Å². The third kappa shape index (κ3) is 2.52. The second-order valence-corrected chi connectivity index (χ2v) is 4.67. The van der Waals surface area contributed by atoms with E-state index < -0.39 is 0 Å². The molecule has 2 rings (SSSR count). The van der Waals surface area contributed by atoms with Crippen LogP contribution in [-0.4, -0.2) is 6.54 Å². The molecule has 0 unspecified atom stereocenters. The quantitative estimate of drug-likeness (QED) is 0.876. The van der Waals surface area contributed by atoms with Gasteiger partial charge in [-0.25, -0.2) is 4.39 Å². The number of hydrogen-bond acceptors (Lipinski definition) is 2. The molecule has 0 saturated heterocycles. The monoisotopic (exact) mass is 238 g/mol. The summed E-state index contributed by atoms with van der Waals surface area (Å²) in [5.74, 6) is -0.265. The van der Waals surface area contributed by atoms with E-state index in [9.17, 15) is 4.39 Å². The van der Waals surface area contributed by atoms with Crippen molar-refractivity contribution in [3.8, 4) is 6.07 Å². The molecule has 0 bridgehead atoms. The van der Waals surface area contributed by atoms with Gasteiger partial charge in [0.05, 0.1) is 11.5 Å². The van der Waals surface area contributed by atoms with Crippen molar-refractivity contribution < 1.29 is 4.39 Å². The molecule has 2 nitrogen and oxygen atoms in total. The van der Waals surface area contributed by atoms with Crippen molar-refractivity contribution in [3.05, 3.63) is 34.6 Å². The molecule has 1 N–H and O–H groups in total. The zero-order valence-corrected chi connectivity index (χ0v) is 9.52. The topological polar surface area (TPSA) is 35.8 Å². The Hall–Kier alpha value is -1.11. The summed E-state index contributed by atoms with van der Waals surface area (Å²) in [5.41, 5.74) is 0.343. The summed E-state index contributed by atoms with van der Waals surface area (Å²) in [6.07, 6.45) is 1.88. The second-order valence-electron chi connectivity index (χ2n) is 4.23. The minimum Gasteiger partial charge on any atom is -0.311 e. The van der Waals surface area contributed by atoms with Crippen molar-refractivity contribution in [2.75, 3.05) is 6.54 Å². The minimum atomic E-state index is -0.265. The molecular formula is C12H12ClFN2. The number of hydrogen-bond donors (Lipinski definition) is 1. The Morgan fingerprint density at radius 1 is 1.50 bits per heavy atom. The third-order valence-corrected chi connectivity index (χ3v) is 3.11. The fourth-order valence-electron chi connectivity index (χ4n) is 1.59. The summed E-state index contributed by atoms with van der Waals surface area (Å²) >= 11 is 5.78. The second kappa shape index (κ2) is 4.40. The number of rotatable bonds is 4. The first-order chi connectivity index (χ1) is 7.65. The van der Waals surface area contributed by atoms with E-state index >= 15 is 0 Å². The van der Waals surface area contributed by atoms with E-state index in [2.05, 4.69) is 11.4 Å². The first-order valence-corrected chi connectivity index (χ1v) is 5.59. The first-order valence-electron chi connectivity index (χ1n) is 5.21. The van der Waals surface area contributed by atoms with Gasteiger partial charge in [-0.15, -0.1) is 0 Å². The largest absolute Gasteiger partial charge is 0.311 e. The molecule has 0 atom stereocenters. The molecule has 84 valence electrons. The normalized spacial score (nSPS) is 16.8. The molecule has 4 heteroatoms. The van der Waals surface area contributed by atoms with Gasteiger partial charge >= 0.3 is 0 Å². The van der Waals surface area contributed by atoms with Crippen molar-refractivity contribution in [2.45, 2.75) is 19.4 Å². The summed E-state index contributed by atoms with van der Waals surface area (Å²) in [5, 5.41) is 12.5. The van der Waals surface area contributed by atoms with Crippen LogP contribution in [-0.2, 0) is 6.54 Å². The molecule has 1 aromatic rings. The third-order valence-electron chi connectivity index (χ3n) is 2.88. The predicted octanol–water partition coefficient (Wildman–Crippen LogP) is 2.87. The van der Waals surface area contributed by atoms with Crippen LogP contribution in [0.4, 0.5) is 4.39 Å². The Balaban J connectivity index is 1.90. The molecule has 1 aliphatic carbocycles. The van der Waals surface area contributed by atoms with Crippen LogP contribution in [0.5, 0.6) is 0 Å². The summed E-state index contributed by atoms with van der Waals surface area (Å²) in [4.78, 5) is 0. The lowest BCUT2D eigenvalue weighted by molar-refractivity contribution is 0.538. The Morgan fingerprint density at radius 2 is 2.25 bits per heavy atom. The smallest absolute Gasteiger partial charge is 0.127 e. The van der Waals surface area contributed by atoms with E-state index in [0.29, 0.717) is 23.7 Å². The molecule has 0 aromatic heterocycles. The van der Waals surface area contributed by atoms with E-state index in [1.165, 1.54) is 12.1 Å². The summed E-state index contributed by atoms with van der Waals surface area (Å²) < 4.78 is 13.3. The highest BCUT2D eigenvalue weighted by Crippen LogP contribution is 2.44. The van der Waals surface area contributed by atoms with Gasteiger partial charge in [0.1, 0.15) is 5.82 Å². The van der Waals surface area contributed by atoms with Crippen molar-refractivity contribution in [1.82, 2.24) is 5.32 Å². The number of nitrogens with one attached hydrogen (secondary N) is 1. The highest BCUT2D eigenvalue weighted by Gasteiger charge is 2.42. The number of benzene rings is 1. The maximum atomic E-state index is 13.3. The van der Waals surface area contributed by atoms with E-state index in [4.69, 9.17) is 16.9 Å². The average molecular weight is 239 g/mol. The number of nitrogens with zero attached hydrogens (tertiary/aromatic N) is 1. The fraction of sp³-hybridized carbons (Fsp3) is 0.417. The van der Waals surface area contributed by atoms with Gasteiger partial charge in [-0.05, 0) is 31.0 Å². The first kappa shape index (κ1) is 11.4. The lowest BCUT2D eigenvalue weighted by atomic mass is 10.1. The molecule has 1 saturated carbocycles. The highest BCUT2D eigenvalue weighted by atomic mass is 35.5. The zero-order chi connectivity index (χ0) is 11.6. The van der Waals surface area contributed by atoms with Gasteiger partial charge in [0.2, 0.25) is 0 Å². The van der Waals surface area contributed by atoms with E-state index in [1.807, 2.05) is 0 Å². The van der Waals surface area contributed by atoms with Gasteiger partial charge in [0.25, 0.3) is 0 Å². The van der Waals surface area contributed by atoms with Crippen LogP contribution in [0.25, 0.3) is 0 Å². The summed E-state index contributed by atoms with van der Waals surface area (Å²) in [6, 6.07) is 6.77. The Morgan fingerprint density at radius 3 is 2.88 bits per heavy atom. The Bertz CT molecular complexity index is 435. The highest BCUT2D eigenvalue weighted by molar-refractivity contribution is 6.30. The average Bonchev–Trinajstić information content (AvgIpc) is 3.04. The van der Waals surface area contributed by atoms with Crippen LogP contribution in [0.2, 0.25) is 5.02 Å². The van der Waals surface area contributed by atoms with Crippen molar-refractivity contribution in [3.63, 3.8) is 0 Å². The Labute approximate surface area is 99.0 Å². The van der Waals surface area contributed by atoms with Crippen molar-refractivity contribution in [2.24, 2.45) is 5.41 Å². The maximum absolute atomic E-state index is 13.3. The minimum absolute atomic E-state index is 0.199.